The van der Waals surface area contributed by atoms with E-state index in [0.29, 0.717) is 34.1 Å². The molecule has 0 bridgehead atoms. The molecule has 154 valence electrons. The molecule has 0 aliphatic carbocycles. The van der Waals surface area contributed by atoms with Crippen LogP contribution in [-0.2, 0) is 6.42 Å². The van der Waals surface area contributed by atoms with Crippen LogP contribution in [0.25, 0.3) is 10.2 Å². The fourth-order valence-electron chi connectivity index (χ4n) is 3.72. The quantitative estimate of drug-likeness (QED) is 0.519. The number of H-pyrrole nitrogens is 1. The lowest BCUT2D eigenvalue weighted by Crippen LogP contribution is -2.40. The van der Waals surface area contributed by atoms with E-state index < -0.39 is 18.0 Å². The molecule has 2 atom stereocenters. The number of nitrogens with zero attached hydrogens (tertiary/aromatic N) is 4. The highest BCUT2D eigenvalue weighted by atomic mass is 32.1. The summed E-state index contributed by atoms with van der Waals surface area (Å²) in [7, 11) is 0. The minimum atomic E-state index is -0.924. The van der Waals surface area contributed by atoms with Gasteiger partial charge in [0.05, 0.1) is 22.4 Å². The Labute approximate surface area is 174 Å². The van der Waals surface area contributed by atoms with Crippen molar-refractivity contribution < 1.29 is 18.7 Å². The molecule has 0 spiro atoms. The maximum atomic E-state index is 14.2. The molecule has 1 aromatic carbocycles. The summed E-state index contributed by atoms with van der Waals surface area (Å²) in [6.45, 7) is 3.59. The Balaban J connectivity index is 1.62. The van der Waals surface area contributed by atoms with Gasteiger partial charge in [-0.2, -0.15) is 0 Å². The molecular formula is C20H18FN5O3S. The summed E-state index contributed by atoms with van der Waals surface area (Å²) in [6, 6.07) is 4.23. The number of fused-ring (bicyclic) bond motifs is 2. The van der Waals surface area contributed by atoms with Gasteiger partial charge in [-0.3, -0.25) is 4.79 Å². The first-order valence-corrected chi connectivity index (χ1v) is 10.3. The standard InChI is InChI=1S/C20H18FN5O3S/c1-9-17(29-18(24-9)10(2)27)20(28)26-7-6-12-15(23-8-22-12)16(26)19-25-14-11(21)4-3-5-13(14)30-19/h3-5,8,10,16,27H,6-7H2,1-2H3,(H,22,23)/t10-,16-/m0/s1. The Kier molecular flexibility index (Phi) is 4.40. The van der Waals surface area contributed by atoms with E-state index in [9.17, 15) is 14.3 Å². The number of thiazole rings is 1. The molecule has 30 heavy (non-hydrogen) atoms. The Morgan fingerprint density at radius 2 is 2.27 bits per heavy atom. The van der Waals surface area contributed by atoms with Gasteiger partial charge in [-0.1, -0.05) is 6.07 Å². The summed E-state index contributed by atoms with van der Waals surface area (Å²) in [4.78, 5) is 31.3. The lowest BCUT2D eigenvalue weighted by atomic mass is 10.0. The molecule has 0 saturated carbocycles. The van der Waals surface area contributed by atoms with Crippen molar-refractivity contribution in [3.63, 3.8) is 0 Å². The molecule has 5 rings (SSSR count). The Morgan fingerprint density at radius 3 is 3.00 bits per heavy atom. The van der Waals surface area contributed by atoms with Gasteiger partial charge in [0.2, 0.25) is 11.7 Å². The first kappa shape index (κ1) is 18.9. The van der Waals surface area contributed by atoms with Gasteiger partial charge in [0.25, 0.3) is 5.91 Å². The van der Waals surface area contributed by atoms with Gasteiger partial charge in [0.15, 0.2) is 0 Å². The summed E-state index contributed by atoms with van der Waals surface area (Å²) >= 11 is 1.33. The van der Waals surface area contributed by atoms with E-state index in [0.717, 1.165) is 5.69 Å². The number of aliphatic hydroxyl groups excluding tert-OH is 1. The van der Waals surface area contributed by atoms with Gasteiger partial charge in [-0.15, -0.1) is 11.3 Å². The number of halogens is 1. The zero-order valence-corrected chi connectivity index (χ0v) is 17.0. The molecule has 4 aromatic rings. The summed E-state index contributed by atoms with van der Waals surface area (Å²) in [5, 5.41) is 10.3. The summed E-state index contributed by atoms with van der Waals surface area (Å²) in [5.41, 5.74) is 2.28. The molecule has 1 aliphatic rings. The van der Waals surface area contributed by atoms with Crippen molar-refractivity contribution in [3.8, 4) is 0 Å². The van der Waals surface area contributed by atoms with E-state index in [2.05, 4.69) is 19.9 Å². The van der Waals surface area contributed by atoms with Crippen molar-refractivity contribution in [1.29, 1.82) is 0 Å². The van der Waals surface area contributed by atoms with Crippen LogP contribution < -0.4 is 0 Å². The fraction of sp³-hybridized carbons (Fsp3) is 0.300. The highest BCUT2D eigenvalue weighted by Gasteiger charge is 2.38. The van der Waals surface area contributed by atoms with Gasteiger partial charge in [-0.25, -0.2) is 19.3 Å². The number of benzene rings is 1. The number of aromatic amines is 1. The SMILES string of the molecule is Cc1nc([C@H](C)O)oc1C(=O)N1CCc2[nH]cnc2[C@H]1c1nc2c(F)cccc2s1. The molecular weight excluding hydrogens is 409 g/mol. The zero-order chi connectivity index (χ0) is 21.0. The number of aryl methyl sites for hydroxylation is 1. The number of hydrogen-bond acceptors (Lipinski definition) is 7. The number of nitrogens with one attached hydrogen (secondary N) is 1. The van der Waals surface area contributed by atoms with Crippen molar-refractivity contribution in [3.05, 3.63) is 64.1 Å². The van der Waals surface area contributed by atoms with Gasteiger partial charge < -0.3 is 19.4 Å². The van der Waals surface area contributed by atoms with Crippen molar-refractivity contribution in [2.24, 2.45) is 0 Å². The van der Waals surface area contributed by atoms with Crippen LogP contribution in [0.4, 0.5) is 4.39 Å². The molecule has 8 nitrogen and oxygen atoms in total. The largest absolute Gasteiger partial charge is 0.432 e. The zero-order valence-electron chi connectivity index (χ0n) is 16.2. The molecule has 1 aliphatic heterocycles. The maximum absolute atomic E-state index is 14.2. The van der Waals surface area contributed by atoms with E-state index in [1.54, 1.807) is 30.3 Å². The van der Waals surface area contributed by atoms with Gasteiger partial charge in [-0.05, 0) is 26.0 Å². The Morgan fingerprint density at radius 1 is 1.43 bits per heavy atom. The third-order valence-corrected chi connectivity index (χ3v) is 6.24. The number of imidazole rings is 1. The van der Waals surface area contributed by atoms with Crippen LogP contribution in [0.5, 0.6) is 0 Å². The van der Waals surface area contributed by atoms with Crippen molar-refractivity contribution in [2.75, 3.05) is 6.54 Å². The lowest BCUT2D eigenvalue weighted by molar-refractivity contribution is 0.0648. The van der Waals surface area contributed by atoms with Crippen LogP contribution >= 0.6 is 11.3 Å². The van der Waals surface area contributed by atoms with E-state index >= 15 is 0 Å². The van der Waals surface area contributed by atoms with Crippen molar-refractivity contribution in [2.45, 2.75) is 32.4 Å². The topological polar surface area (TPSA) is 108 Å². The molecule has 0 fully saturated rings. The number of amides is 1. The summed E-state index contributed by atoms with van der Waals surface area (Å²) in [6.07, 6.45) is 1.26. The highest BCUT2D eigenvalue weighted by molar-refractivity contribution is 7.18. The number of para-hydroxylation sites is 1. The number of rotatable bonds is 3. The maximum Gasteiger partial charge on any atom is 0.292 e. The average Bonchev–Trinajstić information content (AvgIpc) is 3.44. The minimum absolute atomic E-state index is 0.0715. The second-order valence-electron chi connectivity index (χ2n) is 7.20. The normalized spacial score (nSPS) is 17.3. The predicted molar refractivity (Wildman–Crippen MR) is 107 cm³/mol. The molecule has 4 heterocycles. The number of carbonyl (C=O) groups excluding carboxylic acids is 1. The van der Waals surface area contributed by atoms with Crippen LogP contribution in [-0.4, -0.2) is 42.4 Å². The van der Waals surface area contributed by atoms with E-state index in [-0.39, 0.29) is 23.1 Å². The van der Waals surface area contributed by atoms with E-state index in [1.165, 1.54) is 24.3 Å². The molecule has 0 unspecified atom stereocenters. The first-order valence-electron chi connectivity index (χ1n) is 9.47. The predicted octanol–water partition coefficient (Wildman–Crippen LogP) is 3.30. The average molecular weight is 427 g/mol. The van der Waals surface area contributed by atoms with Crippen LogP contribution in [0.15, 0.2) is 28.9 Å². The van der Waals surface area contributed by atoms with Crippen LogP contribution in [0.3, 0.4) is 0 Å². The Hall–Kier alpha value is -3.11. The van der Waals surface area contributed by atoms with E-state index in [4.69, 9.17) is 4.42 Å². The van der Waals surface area contributed by atoms with Gasteiger partial charge in [0.1, 0.15) is 28.5 Å². The smallest absolute Gasteiger partial charge is 0.292 e. The highest BCUT2D eigenvalue weighted by Crippen LogP contribution is 2.39. The third-order valence-electron chi connectivity index (χ3n) is 5.17. The van der Waals surface area contributed by atoms with Crippen LogP contribution in [0.2, 0.25) is 0 Å². The first-order chi connectivity index (χ1) is 14.4. The van der Waals surface area contributed by atoms with Crippen molar-refractivity contribution >= 4 is 27.5 Å². The van der Waals surface area contributed by atoms with Gasteiger partial charge in [0, 0.05) is 18.7 Å². The number of aromatic nitrogens is 4. The number of oxazole rings is 1. The minimum Gasteiger partial charge on any atom is -0.432 e. The molecule has 0 radical (unpaired) electrons. The molecule has 0 saturated heterocycles. The second-order valence-corrected chi connectivity index (χ2v) is 8.26. The summed E-state index contributed by atoms with van der Waals surface area (Å²) in [5.74, 6) is -0.613. The molecule has 10 heteroatoms. The third kappa shape index (κ3) is 2.91. The van der Waals surface area contributed by atoms with E-state index in [1.807, 2.05) is 0 Å². The van der Waals surface area contributed by atoms with Crippen molar-refractivity contribution in [1.82, 2.24) is 24.8 Å². The second kappa shape index (κ2) is 6.99. The van der Waals surface area contributed by atoms with Crippen LogP contribution in [0.1, 0.15) is 57.6 Å². The number of aliphatic hydroxyl groups is 1. The molecule has 1 amide bonds. The Bertz CT molecular complexity index is 1260. The monoisotopic (exact) mass is 427 g/mol. The van der Waals surface area contributed by atoms with Crippen LogP contribution in [0, 0.1) is 12.7 Å². The number of carbonyl (C=O) groups is 1. The van der Waals surface area contributed by atoms with Gasteiger partial charge >= 0.3 is 0 Å². The number of hydrogen-bond donors (Lipinski definition) is 2. The molecule has 3 aromatic heterocycles. The summed E-state index contributed by atoms with van der Waals surface area (Å²) < 4.78 is 20.5. The molecule has 2 N–H and O–H groups in total. The fourth-order valence-corrected chi connectivity index (χ4v) is 4.82. The lowest BCUT2D eigenvalue weighted by Gasteiger charge is -2.33.